The highest BCUT2D eigenvalue weighted by atomic mass is 16.1. The Bertz CT molecular complexity index is 1270. The maximum absolute atomic E-state index is 12.8. The zero-order valence-corrected chi connectivity index (χ0v) is 20.8. The molecule has 1 fully saturated rings. The summed E-state index contributed by atoms with van der Waals surface area (Å²) in [6.07, 6.45) is 2.27. The van der Waals surface area contributed by atoms with Crippen LogP contribution in [0.15, 0.2) is 66.9 Å². The number of likely N-dealkylation sites (tertiary alicyclic amines) is 1. The van der Waals surface area contributed by atoms with Crippen LogP contribution in [0.1, 0.15) is 59.1 Å². The van der Waals surface area contributed by atoms with Crippen LogP contribution in [0.2, 0.25) is 0 Å². The maximum atomic E-state index is 12.8. The molecule has 3 aromatic rings. The normalized spacial score (nSPS) is 16.2. The summed E-state index contributed by atoms with van der Waals surface area (Å²) in [6, 6.07) is 24.2. The molecule has 0 radical (unpaired) electrons. The molecule has 0 aliphatic carbocycles. The number of nitrogens with one attached hydrogen (secondary N) is 1. The van der Waals surface area contributed by atoms with Crippen molar-refractivity contribution < 1.29 is 4.79 Å². The van der Waals surface area contributed by atoms with E-state index < -0.39 is 0 Å². The Morgan fingerprint density at radius 1 is 1.03 bits per heavy atom. The van der Waals surface area contributed by atoms with Gasteiger partial charge in [0.25, 0.3) is 5.91 Å². The minimum absolute atomic E-state index is 0.000345. The van der Waals surface area contributed by atoms with Gasteiger partial charge in [0.1, 0.15) is 11.8 Å². The third kappa shape index (κ3) is 5.54. The van der Waals surface area contributed by atoms with E-state index in [0.717, 1.165) is 24.2 Å². The molecule has 1 saturated heterocycles. The summed E-state index contributed by atoms with van der Waals surface area (Å²) in [4.78, 5) is 21.4. The largest absolute Gasteiger partial charge is 0.372 e. The molecule has 1 aromatic heterocycles. The molecule has 2 aromatic carbocycles. The zero-order chi connectivity index (χ0) is 25.7. The van der Waals surface area contributed by atoms with E-state index in [9.17, 15) is 10.1 Å². The molecule has 0 spiro atoms. The Morgan fingerprint density at radius 2 is 1.69 bits per heavy atom. The van der Waals surface area contributed by atoms with Gasteiger partial charge in [0.2, 0.25) is 0 Å². The second-order valence-corrected chi connectivity index (χ2v) is 9.43. The lowest BCUT2D eigenvalue weighted by atomic mass is 9.96. The molecule has 7 nitrogen and oxygen atoms in total. The predicted octanol–water partition coefficient (Wildman–Crippen LogP) is 4.26. The predicted molar refractivity (Wildman–Crippen MR) is 139 cm³/mol. The number of carbonyl (C=O) groups is 1. The number of rotatable bonds is 7. The van der Waals surface area contributed by atoms with Crippen molar-refractivity contribution in [3.05, 3.63) is 94.8 Å². The lowest BCUT2D eigenvalue weighted by Gasteiger charge is -2.30. The van der Waals surface area contributed by atoms with Crippen molar-refractivity contribution in [2.24, 2.45) is 0 Å². The first-order valence-electron chi connectivity index (χ1n) is 12.1. The monoisotopic (exact) mass is 478 g/mol. The van der Waals surface area contributed by atoms with Crippen LogP contribution in [0, 0.1) is 22.7 Å². The van der Waals surface area contributed by atoms with Gasteiger partial charge in [0.15, 0.2) is 0 Å². The average Bonchev–Trinajstić information content (AvgIpc) is 3.36. The SMILES string of the molecule is CC(C)N(C)c1ccc(C(c2ccc(C#N)cc2)N2CC[C@@H](NC(=O)c3ccc(C#N)nc3)C2)cc1. The van der Waals surface area contributed by atoms with Crippen molar-refractivity contribution in [3.8, 4) is 12.1 Å². The van der Waals surface area contributed by atoms with E-state index in [0.29, 0.717) is 23.7 Å². The number of hydrogen-bond acceptors (Lipinski definition) is 6. The first kappa shape index (κ1) is 24.9. The van der Waals surface area contributed by atoms with Gasteiger partial charge in [0, 0.05) is 44.1 Å². The van der Waals surface area contributed by atoms with Crippen LogP contribution in [0.3, 0.4) is 0 Å². The second kappa shape index (κ2) is 11.0. The van der Waals surface area contributed by atoms with Crippen molar-refractivity contribution in [2.45, 2.75) is 38.4 Å². The number of carbonyl (C=O) groups excluding carboxylic acids is 1. The summed E-state index contributed by atoms with van der Waals surface area (Å²) in [5, 5.41) is 21.3. The number of pyridine rings is 1. The van der Waals surface area contributed by atoms with Crippen LogP contribution >= 0.6 is 0 Å². The van der Waals surface area contributed by atoms with Crippen LogP contribution in [0.5, 0.6) is 0 Å². The van der Waals surface area contributed by atoms with Crippen LogP contribution in [-0.2, 0) is 0 Å². The van der Waals surface area contributed by atoms with E-state index in [2.05, 4.69) is 71.3 Å². The lowest BCUT2D eigenvalue weighted by Crippen LogP contribution is -2.38. The molecule has 1 unspecified atom stereocenters. The van der Waals surface area contributed by atoms with E-state index in [1.165, 1.54) is 11.8 Å². The number of nitrogens with zero attached hydrogens (tertiary/aromatic N) is 5. The van der Waals surface area contributed by atoms with Gasteiger partial charge in [-0.05, 0) is 67.8 Å². The molecular formula is C29H30N6O. The van der Waals surface area contributed by atoms with Gasteiger partial charge in [0.05, 0.1) is 23.2 Å². The zero-order valence-electron chi connectivity index (χ0n) is 20.8. The standard InChI is InChI=1S/C29H30N6O/c1-20(2)34(3)27-12-9-23(10-13-27)28(22-6-4-21(16-30)5-7-22)35-15-14-26(19-35)33-29(36)24-8-11-25(17-31)32-18-24/h4-13,18,20,26,28H,14-15,19H2,1-3H3,(H,33,36)/t26-,28?/m1/s1. The Hall–Kier alpha value is -4.20. The minimum Gasteiger partial charge on any atom is -0.372 e. The fraction of sp³-hybridized carbons (Fsp3) is 0.310. The molecule has 182 valence electrons. The van der Waals surface area contributed by atoms with Crippen LogP contribution < -0.4 is 10.2 Å². The number of aromatic nitrogens is 1. The van der Waals surface area contributed by atoms with Gasteiger partial charge in [-0.25, -0.2) is 4.98 Å². The van der Waals surface area contributed by atoms with E-state index in [4.69, 9.17) is 5.26 Å². The molecule has 2 atom stereocenters. The summed E-state index contributed by atoms with van der Waals surface area (Å²) in [7, 11) is 2.09. The summed E-state index contributed by atoms with van der Waals surface area (Å²) >= 11 is 0. The molecule has 0 bridgehead atoms. The maximum Gasteiger partial charge on any atom is 0.253 e. The quantitative estimate of drug-likeness (QED) is 0.545. The highest BCUT2D eigenvalue weighted by molar-refractivity contribution is 5.94. The first-order valence-corrected chi connectivity index (χ1v) is 12.1. The van der Waals surface area contributed by atoms with Crippen LogP contribution in [0.4, 0.5) is 5.69 Å². The molecule has 1 aliphatic rings. The second-order valence-electron chi connectivity index (χ2n) is 9.43. The molecule has 2 heterocycles. The minimum atomic E-state index is -0.185. The average molecular weight is 479 g/mol. The van der Waals surface area contributed by atoms with Gasteiger partial charge in [-0.1, -0.05) is 24.3 Å². The smallest absolute Gasteiger partial charge is 0.253 e. The third-order valence-electron chi connectivity index (χ3n) is 6.81. The first-order chi connectivity index (χ1) is 17.4. The summed E-state index contributed by atoms with van der Waals surface area (Å²) in [5.41, 5.74) is 4.81. The van der Waals surface area contributed by atoms with E-state index in [1.807, 2.05) is 30.3 Å². The molecule has 0 saturated carbocycles. The molecule has 1 amide bonds. The van der Waals surface area contributed by atoms with Gasteiger partial charge in [-0.2, -0.15) is 10.5 Å². The molecule has 7 heteroatoms. The van der Waals surface area contributed by atoms with Crippen LogP contribution in [0.25, 0.3) is 0 Å². The Kier molecular flexibility index (Phi) is 7.63. The number of nitriles is 2. The van der Waals surface area contributed by atoms with Crippen molar-refractivity contribution in [3.63, 3.8) is 0 Å². The highest BCUT2D eigenvalue weighted by Crippen LogP contribution is 2.33. The Balaban J connectivity index is 1.54. The van der Waals surface area contributed by atoms with Crippen molar-refractivity contribution in [1.29, 1.82) is 10.5 Å². The Labute approximate surface area is 212 Å². The topological polar surface area (TPSA) is 96.0 Å². The van der Waals surface area contributed by atoms with Crippen LogP contribution in [-0.4, -0.2) is 48.0 Å². The van der Waals surface area contributed by atoms with E-state index >= 15 is 0 Å². The van der Waals surface area contributed by atoms with Crippen molar-refractivity contribution in [1.82, 2.24) is 15.2 Å². The molecule has 1 N–H and O–H groups in total. The fourth-order valence-electron chi connectivity index (χ4n) is 4.55. The number of anilines is 1. The van der Waals surface area contributed by atoms with Gasteiger partial charge < -0.3 is 10.2 Å². The number of amides is 1. The van der Waals surface area contributed by atoms with Crippen molar-refractivity contribution >= 4 is 11.6 Å². The Morgan fingerprint density at radius 3 is 2.25 bits per heavy atom. The fourth-order valence-corrected chi connectivity index (χ4v) is 4.55. The van der Waals surface area contributed by atoms with Crippen molar-refractivity contribution in [2.75, 3.05) is 25.0 Å². The van der Waals surface area contributed by atoms with Gasteiger partial charge in [-0.15, -0.1) is 0 Å². The summed E-state index contributed by atoms with van der Waals surface area (Å²) in [6.45, 7) is 5.86. The molecule has 4 rings (SSSR count). The van der Waals surface area contributed by atoms with Gasteiger partial charge >= 0.3 is 0 Å². The molecule has 1 aliphatic heterocycles. The third-order valence-corrected chi connectivity index (χ3v) is 6.81. The molecular weight excluding hydrogens is 448 g/mol. The molecule has 36 heavy (non-hydrogen) atoms. The highest BCUT2D eigenvalue weighted by Gasteiger charge is 2.31. The lowest BCUT2D eigenvalue weighted by molar-refractivity contribution is 0.0936. The summed E-state index contributed by atoms with van der Waals surface area (Å²) in [5.74, 6) is -0.185. The number of hydrogen-bond donors (Lipinski definition) is 1. The van der Waals surface area contributed by atoms with E-state index in [1.54, 1.807) is 12.1 Å². The van der Waals surface area contributed by atoms with E-state index in [-0.39, 0.29) is 23.7 Å². The number of benzene rings is 2. The van der Waals surface area contributed by atoms with Gasteiger partial charge in [-0.3, -0.25) is 9.69 Å². The summed E-state index contributed by atoms with van der Waals surface area (Å²) < 4.78 is 0.